The fraction of sp³-hybridized carbons (Fsp3) is 0.500. The van der Waals surface area contributed by atoms with Gasteiger partial charge in [0.2, 0.25) is 5.91 Å². The average molecular weight is 280 g/mol. The van der Waals surface area contributed by atoms with Crippen LogP contribution < -0.4 is 21.9 Å². The second-order valence-electron chi connectivity index (χ2n) is 4.31. The molecule has 0 saturated carbocycles. The molecule has 0 aliphatic rings. The lowest BCUT2D eigenvalue weighted by molar-refractivity contribution is -0.121. The standard InChI is InChI=1S/C12H20N6O2/c1-3-8(2)17-11(19)4-5-14-12(20)9-6-16-10(18-13)7-15-9/h6-8H,3-5,13H2,1-2H3,(H,14,20)(H,16,18)(H,17,19). The number of hydrogen-bond acceptors (Lipinski definition) is 6. The lowest BCUT2D eigenvalue weighted by Crippen LogP contribution is -2.35. The Kier molecular flexibility index (Phi) is 6.38. The van der Waals surface area contributed by atoms with Gasteiger partial charge in [-0.1, -0.05) is 6.92 Å². The number of carbonyl (C=O) groups is 2. The number of nitrogen functional groups attached to an aromatic ring is 1. The minimum Gasteiger partial charge on any atom is -0.354 e. The van der Waals surface area contributed by atoms with Crippen LogP contribution in [-0.4, -0.2) is 34.4 Å². The molecular formula is C12H20N6O2. The summed E-state index contributed by atoms with van der Waals surface area (Å²) in [6, 6.07) is 0.139. The molecule has 8 heteroatoms. The fourth-order valence-corrected chi connectivity index (χ4v) is 1.35. The van der Waals surface area contributed by atoms with Crippen LogP contribution in [0.4, 0.5) is 5.82 Å². The van der Waals surface area contributed by atoms with Crippen LogP contribution in [0.5, 0.6) is 0 Å². The van der Waals surface area contributed by atoms with Crippen molar-refractivity contribution >= 4 is 17.6 Å². The van der Waals surface area contributed by atoms with Crippen molar-refractivity contribution in [2.75, 3.05) is 12.0 Å². The van der Waals surface area contributed by atoms with Gasteiger partial charge in [-0.2, -0.15) is 0 Å². The van der Waals surface area contributed by atoms with E-state index < -0.39 is 0 Å². The van der Waals surface area contributed by atoms with E-state index in [1.807, 2.05) is 13.8 Å². The number of hydrogen-bond donors (Lipinski definition) is 4. The minimum atomic E-state index is -0.377. The smallest absolute Gasteiger partial charge is 0.271 e. The first kappa shape index (κ1) is 15.8. The van der Waals surface area contributed by atoms with Gasteiger partial charge in [-0.15, -0.1) is 0 Å². The molecule has 20 heavy (non-hydrogen) atoms. The van der Waals surface area contributed by atoms with E-state index in [0.29, 0.717) is 5.82 Å². The van der Waals surface area contributed by atoms with Crippen LogP contribution in [0.25, 0.3) is 0 Å². The zero-order valence-electron chi connectivity index (χ0n) is 11.6. The normalized spacial score (nSPS) is 11.6. The Balaban J connectivity index is 2.34. The SMILES string of the molecule is CCC(C)NC(=O)CCNC(=O)c1cnc(NN)cn1. The van der Waals surface area contributed by atoms with Gasteiger partial charge in [0.25, 0.3) is 5.91 Å². The molecule has 1 aromatic heterocycles. The molecule has 0 radical (unpaired) electrons. The Labute approximate surface area is 117 Å². The summed E-state index contributed by atoms with van der Waals surface area (Å²) in [7, 11) is 0. The second-order valence-corrected chi connectivity index (χ2v) is 4.31. The summed E-state index contributed by atoms with van der Waals surface area (Å²) in [5, 5.41) is 5.42. The van der Waals surface area contributed by atoms with Crippen molar-refractivity contribution in [3.8, 4) is 0 Å². The molecule has 0 aliphatic carbocycles. The van der Waals surface area contributed by atoms with Crippen LogP contribution in [-0.2, 0) is 4.79 Å². The van der Waals surface area contributed by atoms with Gasteiger partial charge in [-0.05, 0) is 13.3 Å². The molecule has 1 rings (SSSR count). The Morgan fingerprint density at radius 3 is 2.65 bits per heavy atom. The predicted molar refractivity (Wildman–Crippen MR) is 74.7 cm³/mol. The van der Waals surface area contributed by atoms with Gasteiger partial charge < -0.3 is 16.1 Å². The van der Waals surface area contributed by atoms with Crippen molar-refractivity contribution in [1.82, 2.24) is 20.6 Å². The van der Waals surface area contributed by atoms with Crippen molar-refractivity contribution in [2.45, 2.75) is 32.7 Å². The van der Waals surface area contributed by atoms with E-state index in [-0.39, 0.29) is 36.5 Å². The lowest BCUT2D eigenvalue weighted by Gasteiger charge is -2.11. The van der Waals surface area contributed by atoms with Gasteiger partial charge in [0.05, 0.1) is 12.4 Å². The highest BCUT2D eigenvalue weighted by Crippen LogP contribution is 1.98. The highest BCUT2D eigenvalue weighted by molar-refractivity contribution is 5.92. The summed E-state index contributed by atoms with van der Waals surface area (Å²) in [4.78, 5) is 31.0. The van der Waals surface area contributed by atoms with Crippen molar-refractivity contribution < 1.29 is 9.59 Å². The van der Waals surface area contributed by atoms with E-state index in [1.54, 1.807) is 0 Å². The number of carbonyl (C=O) groups excluding carboxylic acids is 2. The Morgan fingerprint density at radius 1 is 1.35 bits per heavy atom. The van der Waals surface area contributed by atoms with E-state index >= 15 is 0 Å². The second kappa shape index (κ2) is 8.05. The molecule has 0 spiro atoms. The molecule has 0 saturated heterocycles. The first-order chi connectivity index (χ1) is 9.56. The van der Waals surface area contributed by atoms with Crippen LogP contribution in [0.2, 0.25) is 0 Å². The summed E-state index contributed by atoms with van der Waals surface area (Å²) in [6.07, 6.45) is 3.76. The molecule has 0 aliphatic heterocycles. The third-order valence-electron chi connectivity index (χ3n) is 2.69. The van der Waals surface area contributed by atoms with Gasteiger partial charge in [-0.25, -0.2) is 15.8 Å². The summed E-state index contributed by atoms with van der Waals surface area (Å²) >= 11 is 0. The highest BCUT2D eigenvalue weighted by Gasteiger charge is 2.09. The van der Waals surface area contributed by atoms with Crippen LogP contribution in [0.3, 0.4) is 0 Å². The molecule has 0 fully saturated rings. The number of hydrazine groups is 1. The summed E-state index contributed by atoms with van der Waals surface area (Å²) in [5.74, 6) is 5.05. The first-order valence-corrected chi connectivity index (χ1v) is 6.43. The number of anilines is 1. The Hall–Kier alpha value is -2.22. The number of rotatable bonds is 7. The Morgan fingerprint density at radius 2 is 2.10 bits per heavy atom. The van der Waals surface area contributed by atoms with E-state index in [2.05, 4.69) is 26.0 Å². The molecule has 1 unspecified atom stereocenters. The molecule has 1 heterocycles. The van der Waals surface area contributed by atoms with Gasteiger partial charge in [0.1, 0.15) is 5.69 Å². The molecule has 2 amide bonds. The quantitative estimate of drug-likeness (QED) is 0.405. The van der Waals surface area contributed by atoms with Crippen LogP contribution in [0.1, 0.15) is 37.2 Å². The molecule has 110 valence electrons. The lowest BCUT2D eigenvalue weighted by atomic mass is 10.2. The maximum atomic E-state index is 11.7. The predicted octanol–water partition coefficient (Wildman–Crippen LogP) is -0.203. The zero-order chi connectivity index (χ0) is 15.0. The van der Waals surface area contributed by atoms with Gasteiger partial charge in [0.15, 0.2) is 5.82 Å². The van der Waals surface area contributed by atoms with E-state index in [0.717, 1.165) is 6.42 Å². The molecule has 1 atom stereocenters. The van der Waals surface area contributed by atoms with Crippen molar-refractivity contribution in [2.24, 2.45) is 5.84 Å². The third-order valence-corrected chi connectivity index (χ3v) is 2.69. The van der Waals surface area contributed by atoms with Crippen molar-refractivity contribution in [3.05, 3.63) is 18.1 Å². The largest absolute Gasteiger partial charge is 0.354 e. The third kappa shape index (κ3) is 5.19. The minimum absolute atomic E-state index is 0.0894. The van der Waals surface area contributed by atoms with E-state index in [9.17, 15) is 9.59 Å². The number of nitrogens with one attached hydrogen (secondary N) is 3. The van der Waals surface area contributed by atoms with E-state index in [4.69, 9.17) is 5.84 Å². The van der Waals surface area contributed by atoms with Gasteiger partial charge in [0, 0.05) is 19.0 Å². The molecule has 5 N–H and O–H groups in total. The number of nitrogens with two attached hydrogens (primary N) is 1. The van der Waals surface area contributed by atoms with Crippen LogP contribution in [0, 0.1) is 0 Å². The Bertz CT molecular complexity index is 448. The maximum absolute atomic E-state index is 11.7. The van der Waals surface area contributed by atoms with Crippen LogP contribution in [0.15, 0.2) is 12.4 Å². The summed E-state index contributed by atoms with van der Waals surface area (Å²) in [6.45, 7) is 4.17. The summed E-state index contributed by atoms with van der Waals surface area (Å²) < 4.78 is 0. The van der Waals surface area contributed by atoms with Gasteiger partial charge >= 0.3 is 0 Å². The molecule has 1 aromatic rings. The van der Waals surface area contributed by atoms with Crippen LogP contribution >= 0.6 is 0 Å². The number of nitrogens with zero attached hydrogens (tertiary/aromatic N) is 2. The number of amides is 2. The topological polar surface area (TPSA) is 122 Å². The maximum Gasteiger partial charge on any atom is 0.271 e. The molecular weight excluding hydrogens is 260 g/mol. The average Bonchev–Trinajstić information content (AvgIpc) is 2.47. The highest BCUT2D eigenvalue weighted by atomic mass is 16.2. The monoisotopic (exact) mass is 280 g/mol. The van der Waals surface area contributed by atoms with Crippen molar-refractivity contribution in [3.63, 3.8) is 0 Å². The first-order valence-electron chi connectivity index (χ1n) is 6.43. The summed E-state index contributed by atoms with van der Waals surface area (Å²) in [5.41, 5.74) is 2.49. The molecule has 0 bridgehead atoms. The fourth-order valence-electron chi connectivity index (χ4n) is 1.35. The molecule has 8 nitrogen and oxygen atoms in total. The van der Waals surface area contributed by atoms with Gasteiger partial charge in [-0.3, -0.25) is 9.59 Å². The van der Waals surface area contributed by atoms with Crippen molar-refractivity contribution in [1.29, 1.82) is 0 Å². The zero-order valence-corrected chi connectivity index (χ0v) is 11.6. The number of aromatic nitrogens is 2. The van der Waals surface area contributed by atoms with E-state index in [1.165, 1.54) is 12.4 Å². The molecule has 0 aromatic carbocycles.